The molecule has 0 heterocycles. The second-order valence-corrected chi connectivity index (χ2v) is 3.86. The summed E-state index contributed by atoms with van der Waals surface area (Å²) in [4.78, 5) is 0. The maximum absolute atomic E-state index is 9.54. The third-order valence-electron chi connectivity index (χ3n) is 2.90. The zero-order valence-corrected chi connectivity index (χ0v) is 9.01. The molecule has 2 heteroatoms. The van der Waals surface area contributed by atoms with E-state index in [0.29, 0.717) is 0 Å². The Bertz CT molecular complexity index is 114. The first-order valence-corrected chi connectivity index (χ1v) is 5.09. The average molecular weight is 174 g/mol. The maximum atomic E-state index is 9.54. The van der Waals surface area contributed by atoms with Gasteiger partial charge in [0.1, 0.15) is 0 Å². The van der Waals surface area contributed by atoms with Gasteiger partial charge < -0.3 is 9.59 Å². The van der Waals surface area contributed by atoms with E-state index in [4.69, 9.17) is 0 Å². The molecule has 12 heavy (non-hydrogen) atoms. The summed E-state index contributed by atoms with van der Waals surface area (Å²) in [5.74, 6) is 0. The molecule has 74 valence electrons. The molecule has 0 fully saturated rings. The predicted octanol–water partition coefficient (Wildman–Crippen LogP) is 1.98. The summed E-state index contributed by atoms with van der Waals surface area (Å²) in [5.41, 5.74) is 0. The van der Waals surface area contributed by atoms with Gasteiger partial charge in [-0.25, -0.2) is 0 Å². The van der Waals surface area contributed by atoms with Gasteiger partial charge >= 0.3 is 0 Å². The van der Waals surface area contributed by atoms with E-state index in [2.05, 4.69) is 20.9 Å². The van der Waals surface area contributed by atoms with Crippen molar-refractivity contribution in [3.63, 3.8) is 0 Å². The number of quaternary nitrogens is 1. The molecule has 0 amide bonds. The lowest BCUT2D eigenvalue weighted by molar-refractivity contribution is -0.950. The van der Waals surface area contributed by atoms with Gasteiger partial charge in [0.15, 0.2) is 6.23 Å². The van der Waals surface area contributed by atoms with Crippen molar-refractivity contribution in [1.29, 1.82) is 0 Å². The number of aliphatic hydroxyl groups excluding tert-OH is 1. The van der Waals surface area contributed by atoms with E-state index in [1.807, 2.05) is 6.92 Å². The lowest BCUT2D eigenvalue weighted by Crippen LogP contribution is -2.51. The van der Waals surface area contributed by atoms with Gasteiger partial charge in [0.25, 0.3) is 0 Å². The van der Waals surface area contributed by atoms with Crippen molar-refractivity contribution in [1.82, 2.24) is 0 Å². The van der Waals surface area contributed by atoms with E-state index in [0.717, 1.165) is 17.6 Å². The number of nitrogens with zero attached hydrogens (tertiary/aromatic N) is 1. The first kappa shape index (κ1) is 11.9. The molecule has 1 N–H and O–H groups in total. The summed E-state index contributed by atoms with van der Waals surface area (Å²) < 4.78 is 0.792. The molecule has 0 aliphatic heterocycles. The summed E-state index contributed by atoms with van der Waals surface area (Å²) in [5, 5.41) is 9.54. The molecule has 0 aliphatic rings. The van der Waals surface area contributed by atoms with Crippen LogP contribution in [0.15, 0.2) is 0 Å². The summed E-state index contributed by atoms with van der Waals surface area (Å²) in [6.45, 7) is 8.34. The Hall–Kier alpha value is -0.0800. The highest BCUT2D eigenvalue weighted by Gasteiger charge is 2.23. The standard InChI is InChI=1S/C10H24NO/c1-5-7-8-9-11(4,6-2)10(3)12/h10,12H,5-9H2,1-4H3/q+1. The first-order valence-electron chi connectivity index (χ1n) is 5.09. The molecule has 0 aromatic carbocycles. The van der Waals surface area contributed by atoms with E-state index >= 15 is 0 Å². The van der Waals surface area contributed by atoms with Gasteiger partial charge in [-0.05, 0) is 19.8 Å². The molecule has 0 spiro atoms. The third kappa shape index (κ3) is 3.55. The molecule has 0 aromatic rings. The highest BCUT2D eigenvalue weighted by Crippen LogP contribution is 2.10. The zero-order valence-electron chi connectivity index (χ0n) is 9.01. The first-order chi connectivity index (χ1) is 5.56. The Balaban J connectivity index is 3.80. The Morgan fingerprint density at radius 1 is 1.25 bits per heavy atom. The van der Waals surface area contributed by atoms with Crippen LogP contribution in [0.2, 0.25) is 0 Å². The van der Waals surface area contributed by atoms with Crippen LogP contribution < -0.4 is 0 Å². The molecule has 2 atom stereocenters. The Morgan fingerprint density at radius 3 is 2.17 bits per heavy atom. The van der Waals surface area contributed by atoms with E-state index < -0.39 is 0 Å². The van der Waals surface area contributed by atoms with E-state index in [-0.39, 0.29) is 6.23 Å². The number of hydrogen-bond acceptors (Lipinski definition) is 1. The quantitative estimate of drug-likeness (QED) is 0.371. The fourth-order valence-corrected chi connectivity index (χ4v) is 1.33. The van der Waals surface area contributed by atoms with Crippen LogP contribution in [-0.2, 0) is 0 Å². The van der Waals surface area contributed by atoms with Crippen LogP contribution in [0.25, 0.3) is 0 Å². The highest BCUT2D eigenvalue weighted by atomic mass is 16.3. The second-order valence-electron chi connectivity index (χ2n) is 3.86. The van der Waals surface area contributed by atoms with Crippen molar-refractivity contribution >= 4 is 0 Å². The fourth-order valence-electron chi connectivity index (χ4n) is 1.33. The van der Waals surface area contributed by atoms with Crippen LogP contribution in [0.1, 0.15) is 40.0 Å². The molecule has 0 saturated carbocycles. The lowest BCUT2D eigenvalue weighted by atomic mass is 10.2. The van der Waals surface area contributed by atoms with E-state index in [9.17, 15) is 5.11 Å². The largest absolute Gasteiger partial charge is 0.345 e. The van der Waals surface area contributed by atoms with Crippen molar-refractivity contribution in [2.45, 2.75) is 46.3 Å². The van der Waals surface area contributed by atoms with Crippen molar-refractivity contribution in [3.05, 3.63) is 0 Å². The average Bonchev–Trinajstić information content (AvgIpc) is 2.04. The number of hydrogen-bond donors (Lipinski definition) is 1. The van der Waals surface area contributed by atoms with Crippen LogP contribution >= 0.6 is 0 Å². The molecule has 0 saturated heterocycles. The van der Waals surface area contributed by atoms with Gasteiger partial charge in [0.2, 0.25) is 0 Å². The minimum absolute atomic E-state index is 0.230. The molecule has 0 bridgehead atoms. The van der Waals surface area contributed by atoms with Crippen molar-refractivity contribution in [3.8, 4) is 0 Å². The minimum atomic E-state index is -0.230. The van der Waals surface area contributed by atoms with Gasteiger partial charge in [-0.2, -0.15) is 0 Å². The fraction of sp³-hybridized carbons (Fsp3) is 1.00. The Labute approximate surface area is 76.8 Å². The van der Waals surface area contributed by atoms with Crippen molar-refractivity contribution in [2.24, 2.45) is 0 Å². The van der Waals surface area contributed by atoms with Gasteiger partial charge in [-0.3, -0.25) is 0 Å². The van der Waals surface area contributed by atoms with Gasteiger partial charge in [-0.15, -0.1) is 0 Å². The van der Waals surface area contributed by atoms with E-state index in [1.165, 1.54) is 19.3 Å². The van der Waals surface area contributed by atoms with Crippen molar-refractivity contribution < 1.29 is 9.59 Å². The van der Waals surface area contributed by atoms with Crippen LogP contribution in [0.4, 0.5) is 0 Å². The molecule has 2 nitrogen and oxygen atoms in total. The summed E-state index contributed by atoms with van der Waals surface area (Å²) in [6.07, 6.45) is 3.53. The molecular formula is C10H24NO+. The lowest BCUT2D eigenvalue weighted by Gasteiger charge is -2.36. The zero-order chi connectivity index (χ0) is 9.61. The number of unbranched alkanes of at least 4 members (excludes halogenated alkanes) is 2. The number of rotatable bonds is 6. The molecule has 0 radical (unpaired) electrons. The Kier molecular flexibility index (Phi) is 5.51. The van der Waals surface area contributed by atoms with Gasteiger partial charge in [-0.1, -0.05) is 13.3 Å². The summed E-state index contributed by atoms with van der Waals surface area (Å²) in [7, 11) is 2.13. The predicted molar refractivity (Wildman–Crippen MR) is 52.8 cm³/mol. The summed E-state index contributed by atoms with van der Waals surface area (Å²) >= 11 is 0. The second kappa shape index (κ2) is 5.55. The normalized spacial score (nSPS) is 18.8. The molecule has 0 aromatic heterocycles. The SMILES string of the molecule is CCCCC[N+](C)(CC)C(C)O. The van der Waals surface area contributed by atoms with Gasteiger partial charge in [0.05, 0.1) is 20.1 Å². The smallest absolute Gasteiger partial charge is 0.187 e. The van der Waals surface area contributed by atoms with Crippen molar-refractivity contribution in [2.75, 3.05) is 20.1 Å². The molecule has 0 aliphatic carbocycles. The maximum Gasteiger partial charge on any atom is 0.187 e. The van der Waals surface area contributed by atoms with Crippen LogP contribution in [0.3, 0.4) is 0 Å². The van der Waals surface area contributed by atoms with Crippen LogP contribution in [-0.4, -0.2) is 36.0 Å². The monoisotopic (exact) mass is 174 g/mol. The molecular weight excluding hydrogens is 150 g/mol. The highest BCUT2D eigenvalue weighted by molar-refractivity contribution is 4.41. The van der Waals surface area contributed by atoms with Gasteiger partial charge in [0, 0.05) is 6.92 Å². The number of aliphatic hydroxyl groups is 1. The topological polar surface area (TPSA) is 20.2 Å². The summed E-state index contributed by atoms with van der Waals surface area (Å²) in [6, 6.07) is 0. The minimum Gasteiger partial charge on any atom is -0.345 e. The third-order valence-corrected chi connectivity index (χ3v) is 2.90. The van der Waals surface area contributed by atoms with Crippen LogP contribution in [0, 0.1) is 0 Å². The molecule has 2 unspecified atom stereocenters. The van der Waals surface area contributed by atoms with E-state index in [1.54, 1.807) is 0 Å². The Morgan fingerprint density at radius 2 is 1.83 bits per heavy atom. The van der Waals surface area contributed by atoms with Crippen LogP contribution in [0.5, 0.6) is 0 Å². The molecule has 0 rings (SSSR count).